The van der Waals surface area contributed by atoms with Crippen LogP contribution in [0.25, 0.3) is 0 Å². The number of methoxy groups -OCH3 is 1. The largest absolute Gasteiger partial charge is 0.466 e. The molecule has 2 aromatic carbocycles. The van der Waals surface area contributed by atoms with Crippen LogP contribution < -0.4 is 5.32 Å². The monoisotopic (exact) mass is 532 g/mol. The van der Waals surface area contributed by atoms with Crippen LogP contribution in [0.15, 0.2) is 65.9 Å². The molecular formula is C31H36N2O6. The average Bonchev–Trinajstić information content (AvgIpc) is 3.45. The van der Waals surface area contributed by atoms with E-state index in [-0.39, 0.29) is 24.7 Å². The van der Waals surface area contributed by atoms with Crippen molar-refractivity contribution >= 4 is 23.7 Å². The van der Waals surface area contributed by atoms with Gasteiger partial charge in [0.2, 0.25) is 0 Å². The molecule has 1 spiro atoms. The Labute approximate surface area is 229 Å². The fourth-order valence-electron chi connectivity index (χ4n) is 6.75. The van der Waals surface area contributed by atoms with Crippen molar-refractivity contribution in [3.8, 4) is 0 Å². The Balaban J connectivity index is 1.75. The fourth-order valence-corrected chi connectivity index (χ4v) is 6.75. The molecule has 8 heteroatoms. The summed E-state index contributed by atoms with van der Waals surface area (Å²) in [5, 5.41) is 3.53. The van der Waals surface area contributed by atoms with Crippen LogP contribution in [0.5, 0.6) is 0 Å². The molecule has 4 atom stereocenters. The predicted molar refractivity (Wildman–Crippen MR) is 146 cm³/mol. The number of anilines is 1. The van der Waals surface area contributed by atoms with Gasteiger partial charge in [0.1, 0.15) is 5.60 Å². The summed E-state index contributed by atoms with van der Waals surface area (Å²) in [5.41, 5.74) is 2.87. The number of hydrogen-bond donors (Lipinski definition) is 1. The van der Waals surface area contributed by atoms with Gasteiger partial charge in [-0.3, -0.25) is 4.79 Å². The summed E-state index contributed by atoms with van der Waals surface area (Å²) in [4.78, 5) is 41.1. The fraction of sp³-hybridized carbons (Fsp3) is 0.452. The van der Waals surface area contributed by atoms with Crippen molar-refractivity contribution < 1.29 is 28.6 Å². The van der Waals surface area contributed by atoms with Gasteiger partial charge in [-0.1, -0.05) is 48.5 Å². The number of nitrogens with one attached hydrogen (secondary N) is 1. The van der Waals surface area contributed by atoms with Crippen LogP contribution in [0.4, 0.5) is 10.5 Å². The van der Waals surface area contributed by atoms with Gasteiger partial charge >= 0.3 is 18.0 Å². The summed E-state index contributed by atoms with van der Waals surface area (Å²) >= 11 is 0. The van der Waals surface area contributed by atoms with E-state index in [0.29, 0.717) is 25.0 Å². The Bertz CT molecular complexity index is 1310. The van der Waals surface area contributed by atoms with Crippen LogP contribution in [0.1, 0.15) is 45.2 Å². The van der Waals surface area contributed by atoms with Crippen molar-refractivity contribution in [2.75, 3.05) is 25.6 Å². The molecule has 1 fully saturated rings. The number of ether oxygens (including phenoxy) is 3. The summed E-state index contributed by atoms with van der Waals surface area (Å²) in [5.74, 6) is -1.68. The van der Waals surface area contributed by atoms with Gasteiger partial charge in [0, 0.05) is 30.8 Å². The van der Waals surface area contributed by atoms with E-state index >= 15 is 0 Å². The molecule has 8 nitrogen and oxygen atoms in total. The van der Waals surface area contributed by atoms with Crippen molar-refractivity contribution in [1.82, 2.24) is 4.90 Å². The van der Waals surface area contributed by atoms with E-state index in [0.717, 1.165) is 22.5 Å². The smallest absolute Gasteiger partial charge is 0.410 e. The SMILES string of the molecule is COC(=O)C1=C2Nc3ccccc3[C@]23CCN(C(=O)OC(C)(C)C)[C@@H]3[C@@H](Cc2ccccc2)[C@@H]1COC(C)=O. The second-order valence-corrected chi connectivity index (χ2v) is 11.6. The van der Waals surface area contributed by atoms with Gasteiger partial charge in [-0.25, -0.2) is 9.59 Å². The van der Waals surface area contributed by atoms with Gasteiger partial charge in [0.15, 0.2) is 0 Å². The van der Waals surface area contributed by atoms with Crippen molar-refractivity contribution in [3.63, 3.8) is 0 Å². The van der Waals surface area contributed by atoms with Crippen molar-refractivity contribution in [1.29, 1.82) is 0 Å². The third kappa shape index (κ3) is 4.66. The maximum absolute atomic E-state index is 13.7. The maximum Gasteiger partial charge on any atom is 0.410 e. The Morgan fingerprint density at radius 2 is 1.74 bits per heavy atom. The summed E-state index contributed by atoms with van der Waals surface area (Å²) in [6.07, 6.45) is 0.787. The molecule has 2 aliphatic heterocycles. The first-order chi connectivity index (χ1) is 18.6. The minimum absolute atomic E-state index is 0.00642. The van der Waals surface area contributed by atoms with Crippen molar-refractivity contribution in [2.24, 2.45) is 11.8 Å². The molecular weight excluding hydrogens is 496 g/mol. The molecule has 3 aliphatic rings. The predicted octanol–water partition coefficient (Wildman–Crippen LogP) is 4.84. The normalized spacial score (nSPS) is 25.3. The Morgan fingerprint density at radius 1 is 1.05 bits per heavy atom. The van der Waals surface area contributed by atoms with E-state index in [1.54, 1.807) is 0 Å². The first-order valence-corrected chi connectivity index (χ1v) is 13.4. The molecule has 1 N–H and O–H groups in total. The lowest BCUT2D eigenvalue weighted by atomic mass is 9.58. The lowest BCUT2D eigenvalue weighted by molar-refractivity contribution is -0.145. The molecule has 1 aliphatic carbocycles. The topological polar surface area (TPSA) is 94.2 Å². The third-order valence-electron chi connectivity index (χ3n) is 8.08. The highest BCUT2D eigenvalue weighted by Gasteiger charge is 2.64. The molecule has 2 heterocycles. The second kappa shape index (κ2) is 10.1. The van der Waals surface area contributed by atoms with E-state index < -0.39 is 28.9 Å². The molecule has 5 rings (SSSR count). The number of esters is 2. The number of para-hydroxylation sites is 1. The van der Waals surface area contributed by atoms with Gasteiger partial charge < -0.3 is 24.4 Å². The van der Waals surface area contributed by atoms with Gasteiger partial charge in [-0.05, 0) is 56.7 Å². The lowest BCUT2D eigenvalue weighted by Crippen LogP contribution is -2.57. The second-order valence-electron chi connectivity index (χ2n) is 11.6. The quantitative estimate of drug-likeness (QED) is 0.435. The van der Waals surface area contributed by atoms with Crippen LogP contribution in [-0.4, -0.2) is 54.8 Å². The van der Waals surface area contributed by atoms with E-state index in [2.05, 4.69) is 11.4 Å². The molecule has 0 saturated carbocycles. The number of nitrogens with zero attached hydrogens (tertiary/aromatic N) is 1. The van der Waals surface area contributed by atoms with E-state index in [1.165, 1.54) is 14.0 Å². The summed E-state index contributed by atoms with van der Waals surface area (Å²) in [7, 11) is 1.37. The zero-order valence-electron chi connectivity index (χ0n) is 23.2. The number of carbonyl (C=O) groups excluding carboxylic acids is 3. The highest BCUT2D eigenvalue weighted by atomic mass is 16.6. The molecule has 0 aromatic heterocycles. The highest BCUT2D eigenvalue weighted by molar-refractivity contribution is 5.94. The van der Waals surface area contributed by atoms with Crippen molar-refractivity contribution in [2.45, 2.75) is 57.6 Å². The number of amides is 1. The van der Waals surface area contributed by atoms with Crippen LogP contribution in [0, 0.1) is 11.8 Å². The first-order valence-electron chi connectivity index (χ1n) is 13.4. The molecule has 39 heavy (non-hydrogen) atoms. The lowest BCUT2D eigenvalue weighted by Gasteiger charge is -2.48. The molecule has 2 aromatic rings. The third-order valence-corrected chi connectivity index (χ3v) is 8.08. The van der Waals surface area contributed by atoms with Crippen LogP contribution in [-0.2, 0) is 35.6 Å². The van der Waals surface area contributed by atoms with E-state index in [9.17, 15) is 14.4 Å². The summed E-state index contributed by atoms with van der Waals surface area (Å²) in [6, 6.07) is 17.6. The van der Waals surface area contributed by atoms with Gasteiger partial charge in [0.05, 0.1) is 30.7 Å². The number of likely N-dealkylation sites (tertiary alicyclic amines) is 1. The zero-order valence-corrected chi connectivity index (χ0v) is 23.2. The number of carbonyl (C=O) groups is 3. The standard InChI is InChI=1S/C31H36N2O6/c1-19(34)38-18-22-21(17-20-11-7-6-8-12-20)27-31(15-16-33(27)29(36)39-30(2,3)4)23-13-9-10-14-24(23)32-26(31)25(22)28(35)37-5/h6-14,21-22,27,32H,15-18H2,1-5H3/t21-,22-,27+,31+/m0/s1. The number of rotatable bonds is 5. The Morgan fingerprint density at radius 3 is 2.41 bits per heavy atom. The first kappa shape index (κ1) is 26.8. The van der Waals surface area contributed by atoms with Crippen LogP contribution >= 0.6 is 0 Å². The van der Waals surface area contributed by atoms with Crippen LogP contribution in [0.2, 0.25) is 0 Å². The number of fused-ring (bicyclic) bond motifs is 1. The minimum atomic E-state index is -0.671. The molecule has 0 bridgehead atoms. The van der Waals surface area contributed by atoms with E-state index in [1.807, 2.05) is 74.2 Å². The van der Waals surface area contributed by atoms with Crippen LogP contribution in [0.3, 0.4) is 0 Å². The molecule has 0 radical (unpaired) electrons. The summed E-state index contributed by atoms with van der Waals surface area (Å²) in [6.45, 7) is 7.38. The summed E-state index contributed by atoms with van der Waals surface area (Å²) < 4.78 is 16.8. The van der Waals surface area contributed by atoms with Crippen molar-refractivity contribution in [3.05, 3.63) is 77.0 Å². The molecule has 1 saturated heterocycles. The van der Waals surface area contributed by atoms with Gasteiger partial charge in [0.25, 0.3) is 0 Å². The Kier molecular flexibility index (Phi) is 6.91. The van der Waals surface area contributed by atoms with Gasteiger partial charge in [-0.2, -0.15) is 0 Å². The van der Waals surface area contributed by atoms with E-state index in [4.69, 9.17) is 14.2 Å². The molecule has 0 unspecified atom stereocenters. The van der Waals surface area contributed by atoms with Gasteiger partial charge in [-0.15, -0.1) is 0 Å². The number of benzene rings is 2. The maximum atomic E-state index is 13.7. The molecule has 206 valence electrons. The highest BCUT2D eigenvalue weighted by Crippen LogP contribution is 2.60. The zero-order chi connectivity index (χ0) is 27.9. The minimum Gasteiger partial charge on any atom is -0.466 e. The average molecular weight is 533 g/mol. The number of hydrogen-bond acceptors (Lipinski definition) is 7. The Hall–Kier alpha value is -3.81. The molecule has 1 amide bonds.